The highest BCUT2D eigenvalue weighted by Gasteiger charge is 2.23. The molecule has 0 radical (unpaired) electrons. The van der Waals surface area contributed by atoms with Gasteiger partial charge in [-0.25, -0.2) is 0 Å². The van der Waals surface area contributed by atoms with Crippen LogP contribution in [0.3, 0.4) is 0 Å². The summed E-state index contributed by atoms with van der Waals surface area (Å²) < 4.78 is 5.34. The molecule has 0 aromatic carbocycles. The van der Waals surface area contributed by atoms with E-state index in [0.717, 1.165) is 24.2 Å². The summed E-state index contributed by atoms with van der Waals surface area (Å²) in [6.07, 6.45) is 2.39. The fourth-order valence-corrected chi connectivity index (χ4v) is 1.44. The molecule has 0 fully saturated rings. The number of rotatable bonds is 1. The predicted octanol–water partition coefficient (Wildman–Crippen LogP) is 1.97. The number of ketones is 1. The van der Waals surface area contributed by atoms with Crippen molar-refractivity contribution in [3.05, 3.63) is 23.2 Å². The Bertz CT molecular complexity index is 297. The molecular formula is C9H10O2. The third-order valence-corrected chi connectivity index (χ3v) is 2.08. The number of carbonyl (C=O) groups excluding carboxylic acids is 1. The van der Waals surface area contributed by atoms with Crippen molar-refractivity contribution in [3.8, 4) is 0 Å². The van der Waals surface area contributed by atoms with Crippen molar-refractivity contribution in [2.45, 2.75) is 26.2 Å². The van der Waals surface area contributed by atoms with Crippen molar-refractivity contribution >= 4 is 5.78 Å². The second kappa shape index (κ2) is 2.22. The van der Waals surface area contributed by atoms with Gasteiger partial charge in [0.25, 0.3) is 0 Å². The molecule has 1 aliphatic carbocycles. The highest BCUT2D eigenvalue weighted by Crippen LogP contribution is 2.25. The molecule has 2 rings (SSSR count). The van der Waals surface area contributed by atoms with Crippen LogP contribution in [0.2, 0.25) is 0 Å². The van der Waals surface area contributed by atoms with Crippen molar-refractivity contribution in [2.24, 2.45) is 0 Å². The van der Waals surface area contributed by atoms with E-state index in [4.69, 9.17) is 4.42 Å². The number of hydrogen-bond donors (Lipinski definition) is 0. The van der Waals surface area contributed by atoms with Crippen LogP contribution in [0.25, 0.3) is 0 Å². The summed E-state index contributed by atoms with van der Waals surface area (Å²) in [5, 5.41) is 0. The van der Waals surface area contributed by atoms with E-state index in [-0.39, 0.29) is 5.78 Å². The monoisotopic (exact) mass is 150 g/mol. The topological polar surface area (TPSA) is 30.2 Å². The summed E-state index contributed by atoms with van der Waals surface area (Å²) in [5.74, 6) is 1.71. The number of Topliss-reactive ketones (excluding diaryl/α,β-unsaturated/α-hetero) is 1. The maximum Gasteiger partial charge on any atom is 0.198 e. The second-order valence-electron chi connectivity index (χ2n) is 2.84. The van der Waals surface area contributed by atoms with E-state index < -0.39 is 0 Å². The van der Waals surface area contributed by atoms with Crippen molar-refractivity contribution < 1.29 is 9.21 Å². The van der Waals surface area contributed by atoms with Crippen molar-refractivity contribution in [1.82, 2.24) is 0 Å². The minimum absolute atomic E-state index is 0.166. The highest BCUT2D eigenvalue weighted by atomic mass is 16.3. The molecule has 1 heterocycles. The zero-order chi connectivity index (χ0) is 7.84. The molecule has 0 N–H and O–H groups in total. The zero-order valence-corrected chi connectivity index (χ0v) is 6.52. The van der Waals surface area contributed by atoms with Crippen LogP contribution in [-0.4, -0.2) is 5.78 Å². The average Bonchev–Trinajstić information content (AvgIpc) is 2.53. The van der Waals surface area contributed by atoms with Gasteiger partial charge in [-0.3, -0.25) is 4.79 Å². The van der Waals surface area contributed by atoms with Crippen molar-refractivity contribution in [3.63, 3.8) is 0 Å². The molecule has 0 unspecified atom stereocenters. The molecule has 0 spiro atoms. The number of furan rings is 1. The molecular weight excluding hydrogens is 140 g/mol. The Labute approximate surface area is 65.2 Å². The fourth-order valence-electron chi connectivity index (χ4n) is 1.44. The maximum atomic E-state index is 11.1. The van der Waals surface area contributed by atoms with E-state index in [1.165, 1.54) is 0 Å². The molecule has 1 aromatic rings. The molecule has 11 heavy (non-hydrogen) atoms. The molecule has 1 aromatic heterocycles. The van der Waals surface area contributed by atoms with Crippen LogP contribution in [0.15, 0.2) is 10.5 Å². The Kier molecular flexibility index (Phi) is 1.34. The summed E-state index contributed by atoms with van der Waals surface area (Å²) in [6, 6.07) is 2.00. The Morgan fingerprint density at radius 2 is 2.36 bits per heavy atom. The Morgan fingerprint density at radius 1 is 1.55 bits per heavy atom. The van der Waals surface area contributed by atoms with Crippen LogP contribution in [0.1, 0.15) is 35.2 Å². The lowest BCUT2D eigenvalue weighted by Crippen LogP contribution is -1.88. The average molecular weight is 150 g/mol. The minimum Gasteiger partial charge on any atom is -0.458 e. The molecule has 0 amide bonds. The molecule has 0 saturated carbocycles. The van der Waals surface area contributed by atoms with Gasteiger partial charge in [0, 0.05) is 18.4 Å². The van der Waals surface area contributed by atoms with Gasteiger partial charge in [-0.15, -0.1) is 0 Å². The molecule has 0 atom stereocenters. The standard InChI is InChI=1S/C9H10O2/c1-2-7-5-6-3-4-8(10)9(6)11-7/h5H,2-4H2,1H3. The normalized spacial score (nSPS) is 15.5. The van der Waals surface area contributed by atoms with E-state index in [0.29, 0.717) is 12.2 Å². The first-order valence-corrected chi connectivity index (χ1v) is 3.96. The Morgan fingerprint density at radius 3 is 3.00 bits per heavy atom. The summed E-state index contributed by atoms with van der Waals surface area (Å²) in [7, 11) is 0. The number of aryl methyl sites for hydroxylation is 2. The smallest absolute Gasteiger partial charge is 0.198 e. The van der Waals surface area contributed by atoms with E-state index in [1.807, 2.05) is 13.0 Å². The van der Waals surface area contributed by atoms with Gasteiger partial charge in [0.15, 0.2) is 11.5 Å². The van der Waals surface area contributed by atoms with E-state index in [9.17, 15) is 4.79 Å². The van der Waals surface area contributed by atoms with Crippen molar-refractivity contribution in [2.75, 3.05) is 0 Å². The molecule has 2 heteroatoms. The van der Waals surface area contributed by atoms with Gasteiger partial charge in [0.05, 0.1) is 0 Å². The van der Waals surface area contributed by atoms with Gasteiger partial charge in [-0.1, -0.05) is 6.92 Å². The lowest BCUT2D eigenvalue weighted by molar-refractivity contribution is 0.0968. The van der Waals surface area contributed by atoms with Crippen LogP contribution in [0.5, 0.6) is 0 Å². The molecule has 0 saturated heterocycles. The second-order valence-corrected chi connectivity index (χ2v) is 2.84. The molecule has 2 nitrogen and oxygen atoms in total. The lowest BCUT2D eigenvalue weighted by atomic mass is 10.2. The molecule has 58 valence electrons. The Hall–Kier alpha value is -1.05. The van der Waals surface area contributed by atoms with Crippen LogP contribution in [-0.2, 0) is 12.8 Å². The quantitative estimate of drug-likeness (QED) is 0.612. The third-order valence-electron chi connectivity index (χ3n) is 2.08. The molecule has 1 aliphatic rings. The zero-order valence-electron chi connectivity index (χ0n) is 6.52. The first-order chi connectivity index (χ1) is 5.31. The van der Waals surface area contributed by atoms with Crippen LogP contribution in [0, 0.1) is 0 Å². The lowest BCUT2D eigenvalue weighted by Gasteiger charge is -1.87. The van der Waals surface area contributed by atoms with E-state index in [2.05, 4.69) is 0 Å². The van der Waals surface area contributed by atoms with Crippen molar-refractivity contribution in [1.29, 1.82) is 0 Å². The van der Waals surface area contributed by atoms with Gasteiger partial charge < -0.3 is 4.42 Å². The third kappa shape index (κ3) is 0.897. The van der Waals surface area contributed by atoms with Gasteiger partial charge in [-0.2, -0.15) is 0 Å². The van der Waals surface area contributed by atoms with E-state index in [1.54, 1.807) is 0 Å². The molecule has 0 bridgehead atoms. The Balaban J connectivity index is 2.46. The van der Waals surface area contributed by atoms with Crippen LogP contribution in [0.4, 0.5) is 0 Å². The number of fused-ring (bicyclic) bond motifs is 1. The largest absolute Gasteiger partial charge is 0.458 e. The highest BCUT2D eigenvalue weighted by molar-refractivity contribution is 5.97. The summed E-state index contributed by atoms with van der Waals surface area (Å²) in [4.78, 5) is 11.1. The van der Waals surface area contributed by atoms with Gasteiger partial charge in [0.2, 0.25) is 0 Å². The maximum absolute atomic E-state index is 11.1. The van der Waals surface area contributed by atoms with Crippen LogP contribution >= 0.6 is 0 Å². The SMILES string of the molecule is CCc1cc2c(o1)C(=O)CC2. The van der Waals surface area contributed by atoms with Crippen LogP contribution < -0.4 is 0 Å². The summed E-state index contributed by atoms with van der Waals surface area (Å²) in [5.41, 5.74) is 1.10. The van der Waals surface area contributed by atoms with E-state index >= 15 is 0 Å². The number of hydrogen-bond acceptors (Lipinski definition) is 2. The fraction of sp³-hybridized carbons (Fsp3) is 0.444. The van der Waals surface area contributed by atoms with Gasteiger partial charge in [-0.05, 0) is 12.5 Å². The van der Waals surface area contributed by atoms with Gasteiger partial charge >= 0.3 is 0 Å². The molecule has 0 aliphatic heterocycles. The minimum atomic E-state index is 0.166. The first kappa shape index (κ1) is 6.65. The van der Waals surface area contributed by atoms with Gasteiger partial charge in [0.1, 0.15) is 5.76 Å². The summed E-state index contributed by atoms with van der Waals surface area (Å²) in [6.45, 7) is 2.03. The summed E-state index contributed by atoms with van der Waals surface area (Å²) >= 11 is 0. The first-order valence-electron chi connectivity index (χ1n) is 3.96. The predicted molar refractivity (Wildman–Crippen MR) is 40.7 cm³/mol. The number of carbonyl (C=O) groups is 1.